The van der Waals surface area contributed by atoms with Gasteiger partial charge >= 0.3 is 5.97 Å². The van der Waals surface area contributed by atoms with Crippen LogP contribution in [-0.2, 0) is 16.1 Å². The molecule has 1 aliphatic carbocycles. The molecule has 0 aliphatic heterocycles. The fourth-order valence-electron chi connectivity index (χ4n) is 2.57. The highest BCUT2D eigenvalue weighted by Crippen LogP contribution is 2.27. The third-order valence-electron chi connectivity index (χ3n) is 3.93. The number of carbonyl (C=O) groups is 1. The molecule has 0 bridgehead atoms. The molecule has 2 aromatic rings. The number of benzene rings is 1. The second-order valence-corrected chi connectivity index (χ2v) is 5.68. The van der Waals surface area contributed by atoms with Crippen molar-refractivity contribution in [3.63, 3.8) is 0 Å². The third kappa shape index (κ3) is 3.42. The van der Waals surface area contributed by atoms with Gasteiger partial charge in [0.1, 0.15) is 18.2 Å². The van der Waals surface area contributed by atoms with Crippen molar-refractivity contribution >= 4 is 5.97 Å². The summed E-state index contributed by atoms with van der Waals surface area (Å²) in [7, 11) is 1.34. The van der Waals surface area contributed by atoms with Gasteiger partial charge in [0, 0.05) is 11.5 Å². The number of carbonyl (C=O) groups excluding carboxylic acids is 1. The smallest absolute Gasteiger partial charge is 0.327 e. The lowest BCUT2D eigenvalue weighted by atomic mass is 9.96. The Balaban J connectivity index is 1.97. The number of halogens is 1. The van der Waals surface area contributed by atoms with Gasteiger partial charge in [-0.2, -0.15) is 5.10 Å². The third-order valence-corrected chi connectivity index (χ3v) is 3.93. The minimum absolute atomic E-state index is 0.00688. The number of allylic oxidation sites excluding steroid dienone is 4. The van der Waals surface area contributed by atoms with Crippen LogP contribution in [0.4, 0.5) is 4.39 Å². The highest BCUT2D eigenvalue weighted by molar-refractivity contribution is 5.69. The monoisotopic (exact) mass is 327 g/mol. The summed E-state index contributed by atoms with van der Waals surface area (Å²) in [6, 6.07) is 5.97. The topological polar surface area (TPSA) is 57.0 Å². The first-order chi connectivity index (χ1) is 11.6. The predicted octanol–water partition coefficient (Wildman–Crippen LogP) is 3.25. The molecule has 0 fully saturated rings. The Labute approximate surface area is 139 Å². The maximum atomic E-state index is 13.1. The Kier molecular flexibility index (Phi) is 4.55. The second kappa shape index (κ2) is 6.78. The van der Waals surface area contributed by atoms with Gasteiger partial charge in [-0.15, -0.1) is 0 Å². The van der Waals surface area contributed by atoms with E-state index in [1.54, 1.807) is 16.8 Å². The average Bonchev–Trinajstić information content (AvgIpc) is 3.00. The first-order valence-corrected chi connectivity index (χ1v) is 7.69. The average molecular weight is 327 g/mol. The molecule has 0 N–H and O–H groups in total. The summed E-state index contributed by atoms with van der Waals surface area (Å²) < 4.78 is 19.4. The number of aromatic nitrogens is 3. The number of rotatable bonds is 4. The summed E-state index contributed by atoms with van der Waals surface area (Å²) in [6.45, 7) is 2.03. The number of hydrogen-bond acceptors (Lipinski definition) is 4. The van der Waals surface area contributed by atoms with Crippen LogP contribution in [0.15, 0.2) is 48.1 Å². The molecule has 0 saturated carbocycles. The summed E-state index contributed by atoms with van der Waals surface area (Å²) in [5, 5.41) is 4.42. The van der Waals surface area contributed by atoms with Crippen LogP contribution in [0.5, 0.6) is 0 Å². The molecule has 24 heavy (non-hydrogen) atoms. The Bertz CT molecular complexity index is 806. The zero-order chi connectivity index (χ0) is 17.1. The molecule has 0 spiro atoms. The van der Waals surface area contributed by atoms with Crippen molar-refractivity contribution in [3.8, 4) is 11.4 Å². The predicted molar refractivity (Wildman–Crippen MR) is 87.7 cm³/mol. The molecule has 0 amide bonds. The van der Waals surface area contributed by atoms with Gasteiger partial charge in [-0.05, 0) is 37.6 Å². The Morgan fingerprint density at radius 1 is 1.38 bits per heavy atom. The summed E-state index contributed by atoms with van der Waals surface area (Å²) in [4.78, 5) is 16.3. The van der Waals surface area contributed by atoms with E-state index in [0.29, 0.717) is 17.2 Å². The number of methoxy groups -OCH3 is 1. The van der Waals surface area contributed by atoms with Crippen molar-refractivity contribution in [1.82, 2.24) is 14.8 Å². The number of ether oxygens (including phenoxy) is 1. The highest BCUT2D eigenvalue weighted by atomic mass is 19.1. The van der Waals surface area contributed by atoms with E-state index in [9.17, 15) is 9.18 Å². The second-order valence-electron chi connectivity index (χ2n) is 5.68. The van der Waals surface area contributed by atoms with E-state index in [4.69, 9.17) is 4.74 Å². The minimum atomic E-state index is -0.390. The number of nitrogens with zero attached hydrogens (tertiary/aromatic N) is 3. The molecule has 1 heterocycles. The van der Waals surface area contributed by atoms with Crippen molar-refractivity contribution in [2.75, 3.05) is 7.11 Å². The van der Waals surface area contributed by atoms with Gasteiger partial charge in [-0.25, -0.2) is 14.1 Å². The summed E-state index contributed by atoms with van der Waals surface area (Å²) in [6.07, 6.45) is 7.01. The lowest BCUT2D eigenvalue weighted by Crippen LogP contribution is -2.17. The van der Waals surface area contributed by atoms with Gasteiger partial charge in [0.05, 0.1) is 7.11 Å². The molecular weight excluding hydrogens is 309 g/mol. The van der Waals surface area contributed by atoms with Crippen molar-refractivity contribution in [2.45, 2.75) is 25.8 Å². The number of esters is 1. The van der Waals surface area contributed by atoms with E-state index in [-0.39, 0.29) is 18.3 Å². The van der Waals surface area contributed by atoms with E-state index in [0.717, 1.165) is 6.42 Å². The van der Waals surface area contributed by atoms with E-state index in [1.807, 2.05) is 13.0 Å². The molecule has 6 heteroatoms. The van der Waals surface area contributed by atoms with E-state index < -0.39 is 5.97 Å². The first-order valence-electron chi connectivity index (χ1n) is 7.69. The summed E-state index contributed by atoms with van der Waals surface area (Å²) in [5.74, 6) is 0.496. The molecule has 3 rings (SSSR count). The normalized spacial score (nSPS) is 16.8. The lowest BCUT2D eigenvalue weighted by Gasteiger charge is -2.14. The van der Waals surface area contributed by atoms with Crippen LogP contribution in [0.1, 0.15) is 25.1 Å². The van der Waals surface area contributed by atoms with Crippen molar-refractivity contribution in [3.05, 3.63) is 59.7 Å². The van der Waals surface area contributed by atoms with Crippen molar-refractivity contribution in [2.24, 2.45) is 0 Å². The lowest BCUT2D eigenvalue weighted by molar-refractivity contribution is -0.141. The Morgan fingerprint density at radius 2 is 2.12 bits per heavy atom. The fraction of sp³-hybridized carbons (Fsp3) is 0.278. The largest absolute Gasteiger partial charge is 0.468 e. The van der Waals surface area contributed by atoms with Crippen LogP contribution in [-0.4, -0.2) is 27.8 Å². The molecule has 1 aromatic carbocycles. The van der Waals surface area contributed by atoms with Crippen LogP contribution in [0, 0.1) is 5.82 Å². The summed E-state index contributed by atoms with van der Waals surface area (Å²) in [5.41, 5.74) is 1.90. The zero-order valence-corrected chi connectivity index (χ0v) is 13.6. The van der Waals surface area contributed by atoms with Gasteiger partial charge in [-0.1, -0.05) is 23.8 Å². The molecule has 124 valence electrons. The first kappa shape index (κ1) is 16.1. The molecule has 1 aromatic heterocycles. The SMILES string of the molecule is COC(=O)Cn1nc(-c2ccc(F)cc2)nc1C1C=CC(C)=CC1. The molecule has 0 radical (unpaired) electrons. The molecule has 0 saturated heterocycles. The van der Waals surface area contributed by atoms with Crippen molar-refractivity contribution in [1.29, 1.82) is 0 Å². The van der Waals surface area contributed by atoms with Gasteiger partial charge < -0.3 is 4.74 Å². The Morgan fingerprint density at radius 3 is 2.75 bits per heavy atom. The Hall–Kier alpha value is -2.76. The van der Waals surface area contributed by atoms with Gasteiger partial charge in [-0.3, -0.25) is 4.79 Å². The van der Waals surface area contributed by atoms with E-state index >= 15 is 0 Å². The molecule has 1 atom stereocenters. The minimum Gasteiger partial charge on any atom is -0.468 e. The molecule has 1 unspecified atom stereocenters. The van der Waals surface area contributed by atoms with Gasteiger partial charge in [0.15, 0.2) is 5.82 Å². The van der Waals surface area contributed by atoms with Crippen LogP contribution >= 0.6 is 0 Å². The molecule has 5 nitrogen and oxygen atoms in total. The van der Waals surface area contributed by atoms with E-state index in [2.05, 4.69) is 22.2 Å². The quantitative estimate of drug-likeness (QED) is 0.809. The molecular formula is C18H18FN3O2. The zero-order valence-electron chi connectivity index (χ0n) is 13.6. The van der Waals surface area contributed by atoms with Crippen LogP contribution in [0.25, 0.3) is 11.4 Å². The van der Waals surface area contributed by atoms with E-state index in [1.165, 1.54) is 24.8 Å². The standard InChI is InChI=1S/C18H18FN3O2/c1-12-3-5-14(6-4-12)18-20-17(13-7-9-15(19)10-8-13)21-22(18)11-16(23)24-2/h3-5,7-10,14H,6,11H2,1-2H3. The number of hydrogen-bond donors (Lipinski definition) is 0. The van der Waals surface area contributed by atoms with Crippen LogP contribution in [0.3, 0.4) is 0 Å². The van der Waals surface area contributed by atoms with Crippen LogP contribution in [0.2, 0.25) is 0 Å². The maximum Gasteiger partial charge on any atom is 0.327 e. The highest BCUT2D eigenvalue weighted by Gasteiger charge is 2.21. The fourth-order valence-corrected chi connectivity index (χ4v) is 2.57. The van der Waals surface area contributed by atoms with Crippen molar-refractivity contribution < 1.29 is 13.9 Å². The van der Waals surface area contributed by atoms with Gasteiger partial charge in [0.2, 0.25) is 0 Å². The van der Waals surface area contributed by atoms with Gasteiger partial charge in [0.25, 0.3) is 0 Å². The maximum absolute atomic E-state index is 13.1. The molecule has 1 aliphatic rings. The summed E-state index contributed by atoms with van der Waals surface area (Å²) >= 11 is 0. The van der Waals surface area contributed by atoms with Crippen LogP contribution < -0.4 is 0 Å².